The molecule has 2 saturated carbocycles. The number of hydrogen-bond acceptors (Lipinski definition) is 1. The number of benzene rings is 1. The van der Waals surface area contributed by atoms with Gasteiger partial charge in [0.2, 0.25) is 0 Å². The van der Waals surface area contributed by atoms with Crippen LogP contribution in [0.1, 0.15) is 62.5 Å². The highest BCUT2D eigenvalue weighted by molar-refractivity contribution is 5.26. The summed E-state index contributed by atoms with van der Waals surface area (Å²) in [7, 11) is 0. The molecule has 104 valence electrons. The first-order valence-corrected chi connectivity index (χ1v) is 8.19. The lowest BCUT2D eigenvalue weighted by atomic mass is 9.75. The van der Waals surface area contributed by atoms with Gasteiger partial charge < -0.3 is 5.32 Å². The molecule has 3 rings (SSSR count). The average Bonchev–Trinajstić information content (AvgIpc) is 3.30. The Morgan fingerprint density at radius 2 is 1.74 bits per heavy atom. The van der Waals surface area contributed by atoms with Crippen molar-refractivity contribution in [2.45, 2.75) is 63.8 Å². The van der Waals surface area contributed by atoms with E-state index in [9.17, 15) is 0 Å². The largest absolute Gasteiger partial charge is 0.314 e. The third-order valence-corrected chi connectivity index (χ3v) is 4.97. The predicted octanol–water partition coefficient (Wildman–Crippen LogP) is 4.27. The Balaban J connectivity index is 1.66. The van der Waals surface area contributed by atoms with Gasteiger partial charge in [-0.1, -0.05) is 44.0 Å². The molecule has 0 aliphatic heterocycles. The summed E-state index contributed by atoms with van der Waals surface area (Å²) in [5.41, 5.74) is 3.05. The molecule has 2 aliphatic carbocycles. The molecule has 1 N–H and O–H groups in total. The average molecular weight is 257 g/mol. The monoisotopic (exact) mass is 257 g/mol. The second kappa shape index (κ2) is 6.09. The Kier molecular flexibility index (Phi) is 4.22. The highest BCUT2D eigenvalue weighted by Gasteiger charge is 2.28. The molecule has 0 aromatic heterocycles. The standard InChI is InChI=1S/C18H27N/c1-2-14-7-9-15(10-8-14)18-6-4-3-5-16(18)13-19-17-11-12-17/h7-10,16-19H,2-6,11-13H2,1H3. The van der Waals surface area contributed by atoms with Crippen LogP contribution in [0.5, 0.6) is 0 Å². The summed E-state index contributed by atoms with van der Waals surface area (Å²) in [4.78, 5) is 0. The third kappa shape index (κ3) is 3.39. The van der Waals surface area contributed by atoms with Gasteiger partial charge in [0.15, 0.2) is 0 Å². The van der Waals surface area contributed by atoms with Crippen LogP contribution in [0, 0.1) is 5.92 Å². The van der Waals surface area contributed by atoms with E-state index >= 15 is 0 Å². The van der Waals surface area contributed by atoms with E-state index in [1.54, 1.807) is 5.56 Å². The van der Waals surface area contributed by atoms with Gasteiger partial charge in [-0.15, -0.1) is 0 Å². The van der Waals surface area contributed by atoms with E-state index in [0.29, 0.717) is 0 Å². The second-order valence-electron chi connectivity index (χ2n) is 6.43. The van der Waals surface area contributed by atoms with Gasteiger partial charge in [-0.3, -0.25) is 0 Å². The molecule has 1 heteroatoms. The summed E-state index contributed by atoms with van der Waals surface area (Å²) < 4.78 is 0. The Hall–Kier alpha value is -0.820. The maximum absolute atomic E-state index is 3.75. The summed E-state index contributed by atoms with van der Waals surface area (Å²) in [6.45, 7) is 3.48. The molecular formula is C18H27N. The lowest BCUT2D eigenvalue weighted by Gasteiger charge is -2.32. The molecule has 1 aromatic rings. The molecule has 1 nitrogen and oxygen atoms in total. The molecule has 19 heavy (non-hydrogen) atoms. The first-order valence-electron chi connectivity index (χ1n) is 8.19. The highest BCUT2D eigenvalue weighted by atomic mass is 14.9. The lowest BCUT2D eigenvalue weighted by Crippen LogP contribution is -2.30. The van der Waals surface area contributed by atoms with Crippen LogP contribution < -0.4 is 5.32 Å². The van der Waals surface area contributed by atoms with E-state index < -0.39 is 0 Å². The topological polar surface area (TPSA) is 12.0 Å². The van der Waals surface area contributed by atoms with Crippen LogP contribution in [0.3, 0.4) is 0 Å². The van der Waals surface area contributed by atoms with Gasteiger partial charge in [0.1, 0.15) is 0 Å². The zero-order chi connectivity index (χ0) is 13.1. The summed E-state index contributed by atoms with van der Waals surface area (Å²) in [6.07, 6.45) is 9.62. The van der Waals surface area contributed by atoms with Crippen molar-refractivity contribution in [3.05, 3.63) is 35.4 Å². The Labute approximate surface area is 117 Å². The minimum absolute atomic E-state index is 0.797. The smallest absolute Gasteiger partial charge is 0.00683 e. The Morgan fingerprint density at radius 3 is 2.42 bits per heavy atom. The van der Waals surface area contributed by atoms with Crippen LogP contribution in [0.15, 0.2) is 24.3 Å². The zero-order valence-corrected chi connectivity index (χ0v) is 12.2. The molecule has 0 radical (unpaired) electrons. The van der Waals surface area contributed by atoms with Gasteiger partial charge >= 0.3 is 0 Å². The van der Waals surface area contributed by atoms with E-state index in [-0.39, 0.29) is 0 Å². The molecule has 0 saturated heterocycles. The molecule has 1 aromatic carbocycles. The molecular weight excluding hydrogens is 230 g/mol. The molecule has 2 unspecified atom stereocenters. The second-order valence-corrected chi connectivity index (χ2v) is 6.43. The van der Waals surface area contributed by atoms with Crippen molar-refractivity contribution in [1.29, 1.82) is 0 Å². The first-order chi connectivity index (χ1) is 9.36. The van der Waals surface area contributed by atoms with E-state index in [1.165, 1.54) is 50.6 Å². The van der Waals surface area contributed by atoms with Gasteiger partial charge in [0.05, 0.1) is 0 Å². The van der Waals surface area contributed by atoms with Crippen molar-refractivity contribution in [2.75, 3.05) is 6.54 Å². The van der Waals surface area contributed by atoms with Crippen molar-refractivity contribution in [1.82, 2.24) is 5.32 Å². The van der Waals surface area contributed by atoms with Crippen LogP contribution >= 0.6 is 0 Å². The zero-order valence-electron chi connectivity index (χ0n) is 12.2. The minimum atomic E-state index is 0.797. The van der Waals surface area contributed by atoms with Crippen LogP contribution in [-0.2, 0) is 6.42 Å². The minimum Gasteiger partial charge on any atom is -0.314 e. The lowest BCUT2D eigenvalue weighted by molar-refractivity contribution is 0.295. The molecule has 0 heterocycles. The SMILES string of the molecule is CCc1ccc(C2CCCCC2CNC2CC2)cc1. The van der Waals surface area contributed by atoms with Gasteiger partial charge in [0.25, 0.3) is 0 Å². The van der Waals surface area contributed by atoms with E-state index in [0.717, 1.165) is 24.3 Å². The third-order valence-electron chi connectivity index (χ3n) is 4.97. The van der Waals surface area contributed by atoms with Crippen LogP contribution in [0.4, 0.5) is 0 Å². The van der Waals surface area contributed by atoms with Gasteiger partial charge in [-0.05, 0) is 61.6 Å². The molecule has 0 bridgehead atoms. The summed E-state index contributed by atoms with van der Waals surface area (Å²) in [5, 5.41) is 3.75. The molecule has 2 atom stereocenters. The van der Waals surface area contributed by atoms with Gasteiger partial charge in [-0.2, -0.15) is 0 Å². The van der Waals surface area contributed by atoms with Crippen molar-refractivity contribution in [3.8, 4) is 0 Å². The van der Waals surface area contributed by atoms with Gasteiger partial charge in [0, 0.05) is 6.04 Å². The summed E-state index contributed by atoms with van der Waals surface area (Å²) in [6, 6.07) is 10.3. The molecule has 2 fully saturated rings. The quantitative estimate of drug-likeness (QED) is 0.830. The number of aryl methyl sites for hydroxylation is 1. The van der Waals surface area contributed by atoms with Crippen molar-refractivity contribution < 1.29 is 0 Å². The van der Waals surface area contributed by atoms with E-state index in [1.807, 2.05) is 0 Å². The maximum atomic E-state index is 3.75. The predicted molar refractivity (Wildman–Crippen MR) is 81.5 cm³/mol. The fourth-order valence-corrected chi connectivity index (χ4v) is 3.50. The fourth-order valence-electron chi connectivity index (χ4n) is 3.50. The van der Waals surface area contributed by atoms with Crippen molar-refractivity contribution in [2.24, 2.45) is 5.92 Å². The fraction of sp³-hybridized carbons (Fsp3) is 0.667. The molecule has 0 amide bonds. The first kappa shape index (κ1) is 13.2. The van der Waals surface area contributed by atoms with Crippen LogP contribution in [0.2, 0.25) is 0 Å². The van der Waals surface area contributed by atoms with Crippen LogP contribution in [-0.4, -0.2) is 12.6 Å². The summed E-state index contributed by atoms with van der Waals surface area (Å²) in [5.74, 6) is 1.66. The van der Waals surface area contributed by atoms with E-state index in [2.05, 4.69) is 36.5 Å². The van der Waals surface area contributed by atoms with Crippen LogP contribution in [0.25, 0.3) is 0 Å². The van der Waals surface area contributed by atoms with Crippen molar-refractivity contribution >= 4 is 0 Å². The Morgan fingerprint density at radius 1 is 1.00 bits per heavy atom. The van der Waals surface area contributed by atoms with E-state index in [4.69, 9.17) is 0 Å². The molecule has 0 spiro atoms. The number of nitrogens with one attached hydrogen (secondary N) is 1. The maximum Gasteiger partial charge on any atom is 0.00683 e. The van der Waals surface area contributed by atoms with Gasteiger partial charge in [-0.25, -0.2) is 0 Å². The van der Waals surface area contributed by atoms with Crippen molar-refractivity contribution in [3.63, 3.8) is 0 Å². The normalized spacial score (nSPS) is 27.4. The Bertz CT molecular complexity index is 391. The number of rotatable bonds is 5. The summed E-state index contributed by atoms with van der Waals surface area (Å²) >= 11 is 0. The highest BCUT2D eigenvalue weighted by Crippen LogP contribution is 2.38. The number of hydrogen-bond donors (Lipinski definition) is 1. The molecule has 2 aliphatic rings.